The van der Waals surface area contributed by atoms with E-state index in [1.54, 1.807) is 4.72 Å². The topological polar surface area (TPSA) is 84.9 Å². The minimum Gasteiger partial charge on any atom is -0.448 e. The van der Waals surface area contributed by atoms with E-state index in [2.05, 4.69) is 4.90 Å². The van der Waals surface area contributed by atoms with Gasteiger partial charge in [-0.25, -0.2) is 4.79 Å². The van der Waals surface area contributed by atoms with Crippen LogP contribution in [0.4, 0.5) is 4.79 Å². The third-order valence-electron chi connectivity index (χ3n) is 4.96. The van der Waals surface area contributed by atoms with Crippen LogP contribution >= 0.6 is 23.2 Å². The standard InChI is InChI=1S/C17H22Cl2N2O5S/c18-14-7-6-13(10-15(14)19)26-27(23,24)20-17(22)25-11-12-4-3-9-21-8-2-1-5-16(12)21/h6-7,10,12,16H,1-5,8-9,11H2,(H,20,22)/t12-,16+/m1/s1. The van der Waals surface area contributed by atoms with Crippen molar-refractivity contribution >= 4 is 39.6 Å². The molecule has 27 heavy (non-hydrogen) atoms. The fourth-order valence-electron chi connectivity index (χ4n) is 3.76. The lowest BCUT2D eigenvalue weighted by Gasteiger charge is -2.44. The number of carbonyl (C=O) groups is 1. The van der Waals surface area contributed by atoms with Crippen LogP contribution in [0.25, 0.3) is 0 Å². The Morgan fingerprint density at radius 2 is 1.93 bits per heavy atom. The van der Waals surface area contributed by atoms with Gasteiger partial charge < -0.3 is 8.92 Å². The van der Waals surface area contributed by atoms with Crippen LogP contribution in [0.15, 0.2) is 18.2 Å². The number of piperidine rings is 2. The van der Waals surface area contributed by atoms with Crippen LogP contribution in [0.1, 0.15) is 32.1 Å². The van der Waals surface area contributed by atoms with E-state index in [0.717, 1.165) is 32.4 Å². The fraction of sp³-hybridized carbons (Fsp3) is 0.588. The van der Waals surface area contributed by atoms with E-state index in [-0.39, 0.29) is 28.3 Å². The first-order valence-electron chi connectivity index (χ1n) is 8.92. The predicted octanol–water partition coefficient (Wildman–Crippen LogP) is 3.61. The summed E-state index contributed by atoms with van der Waals surface area (Å²) in [5.41, 5.74) is 0. The number of nitrogens with one attached hydrogen (secondary N) is 1. The van der Waals surface area contributed by atoms with Gasteiger partial charge in [-0.2, -0.15) is 13.1 Å². The third kappa shape index (κ3) is 5.63. The van der Waals surface area contributed by atoms with Crippen molar-refractivity contribution in [2.24, 2.45) is 5.92 Å². The van der Waals surface area contributed by atoms with Crippen molar-refractivity contribution in [3.8, 4) is 5.75 Å². The Balaban J connectivity index is 1.51. The molecule has 1 aromatic rings. The fourth-order valence-corrected chi connectivity index (χ4v) is 4.71. The summed E-state index contributed by atoms with van der Waals surface area (Å²) in [5, 5.41) is 0.402. The van der Waals surface area contributed by atoms with Crippen LogP contribution in [-0.2, 0) is 15.0 Å². The number of fused-ring (bicyclic) bond motifs is 1. The summed E-state index contributed by atoms with van der Waals surface area (Å²) in [6.45, 7) is 2.35. The molecule has 2 aliphatic heterocycles. The van der Waals surface area contributed by atoms with Gasteiger partial charge >= 0.3 is 16.4 Å². The molecular formula is C17H22Cl2N2O5S. The van der Waals surface area contributed by atoms with Crippen molar-refractivity contribution in [2.45, 2.75) is 38.1 Å². The van der Waals surface area contributed by atoms with Crippen LogP contribution in [-0.4, -0.2) is 45.1 Å². The molecule has 2 atom stereocenters. The highest BCUT2D eigenvalue weighted by molar-refractivity contribution is 7.85. The molecule has 0 bridgehead atoms. The van der Waals surface area contributed by atoms with Gasteiger partial charge in [-0.3, -0.25) is 4.90 Å². The number of nitrogens with zero attached hydrogens (tertiary/aromatic N) is 1. The zero-order chi connectivity index (χ0) is 19.4. The van der Waals surface area contributed by atoms with Gasteiger partial charge in [-0.1, -0.05) is 29.6 Å². The van der Waals surface area contributed by atoms with E-state index in [0.29, 0.717) is 6.04 Å². The third-order valence-corrected chi connectivity index (χ3v) is 6.53. The van der Waals surface area contributed by atoms with Gasteiger partial charge in [0.05, 0.1) is 16.7 Å². The zero-order valence-corrected chi connectivity index (χ0v) is 17.0. The van der Waals surface area contributed by atoms with E-state index in [1.165, 1.54) is 31.0 Å². The summed E-state index contributed by atoms with van der Waals surface area (Å²) < 4.78 is 35.6. The molecule has 2 aliphatic rings. The SMILES string of the molecule is O=C(NS(=O)(=O)Oc1ccc(Cl)c(Cl)c1)OC[C@H]1CCCN2CCCC[C@@H]12. The Labute approximate surface area is 169 Å². The van der Waals surface area contributed by atoms with Gasteiger partial charge in [-0.05, 0) is 50.9 Å². The van der Waals surface area contributed by atoms with E-state index in [4.69, 9.17) is 32.1 Å². The summed E-state index contributed by atoms with van der Waals surface area (Å²) in [4.78, 5) is 14.4. The second-order valence-corrected chi connectivity index (χ2v) is 8.91. The summed E-state index contributed by atoms with van der Waals surface area (Å²) >= 11 is 11.6. The maximum absolute atomic E-state index is 12.0. The largest absolute Gasteiger partial charge is 0.448 e. The van der Waals surface area contributed by atoms with Gasteiger partial charge in [-0.15, -0.1) is 0 Å². The van der Waals surface area contributed by atoms with Crippen molar-refractivity contribution in [3.63, 3.8) is 0 Å². The molecule has 0 unspecified atom stereocenters. The quantitative estimate of drug-likeness (QED) is 0.758. The van der Waals surface area contributed by atoms with Gasteiger partial charge in [0.15, 0.2) is 0 Å². The van der Waals surface area contributed by atoms with Crippen molar-refractivity contribution in [1.82, 2.24) is 9.62 Å². The van der Waals surface area contributed by atoms with E-state index in [9.17, 15) is 13.2 Å². The number of halogens is 2. The molecule has 1 amide bonds. The first kappa shape index (κ1) is 20.5. The van der Waals surface area contributed by atoms with Crippen molar-refractivity contribution in [1.29, 1.82) is 0 Å². The molecule has 7 nitrogen and oxygen atoms in total. The summed E-state index contributed by atoms with van der Waals surface area (Å²) in [6.07, 6.45) is 4.45. The Kier molecular flexibility index (Phi) is 6.73. The minimum atomic E-state index is -4.38. The molecule has 2 fully saturated rings. The molecule has 2 saturated heterocycles. The normalized spacial score (nSPS) is 23.3. The lowest BCUT2D eigenvalue weighted by molar-refractivity contribution is 0.0244. The highest BCUT2D eigenvalue weighted by Gasteiger charge is 2.33. The molecule has 0 aromatic heterocycles. The number of hydrogen-bond acceptors (Lipinski definition) is 6. The monoisotopic (exact) mass is 436 g/mol. The second-order valence-electron chi connectivity index (χ2n) is 6.82. The number of benzene rings is 1. The number of amides is 1. The number of carbonyl (C=O) groups excluding carboxylic acids is 1. The van der Waals surface area contributed by atoms with E-state index >= 15 is 0 Å². The predicted molar refractivity (Wildman–Crippen MR) is 102 cm³/mol. The van der Waals surface area contributed by atoms with Gasteiger partial charge in [0.25, 0.3) is 0 Å². The lowest BCUT2D eigenvalue weighted by atomic mass is 9.84. The molecule has 0 radical (unpaired) electrons. The van der Waals surface area contributed by atoms with Gasteiger partial charge in [0.1, 0.15) is 5.75 Å². The minimum absolute atomic E-state index is 0.0603. The molecule has 1 aromatic carbocycles. The molecule has 0 saturated carbocycles. The first-order chi connectivity index (χ1) is 12.8. The smallest absolute Gasteiger partial charge is 0.423 e. The summed E-state index contributed by atoms with van der Waals surface area (Å²) in [7, 11) is -4.38. The molecule has 2 heterocycles. The summed E-state index contributed by atoms with van der Waals surface area (Å²) in [5.74, 6) is 0.165. The van der Waals surface area contributed by atoms with Crippen LogP contribution in [0, 0.1) is 5.92 Å². The Bertz CT molecular complexity index is 788. The average Bonchev–Trinajstić information content (AvgIpc) is 2.62. The van der Waals surface area contributed by atoms with Gasteiger partial charge in [0.2, 0.25) is 0 Å². The number of rotatable bonds is 5. The van der Waals surface area contributed by atoms with Gasteiger partial charge in [0, 0.05) is 18.0 Å². The van der Waals surface area contributed by atoms with Crippen LogP contribution in [0.3, 0.4) is 0 Å². The maximum atomic E-state index is 12.0. The van der Waals surface area contributed by atoms with Crippen LogP contribution in [0.5, 0.6) is 5.75 Å². The van der Waals surface area contributed by atoms with Crippen LogP contribution in [0.2, 0.25) is 10.0 Å². The van der Waals surface area contributed by atoms with Crippen molar-refractivity contribution in [3.05, 3.63) is 28.2 Å². The Morgan fingerprint density at radius 1 is 1.15 bits per heavy atom. The maximum Gasteiger partial charge on any atom is 0.423 e. The van der Waals surface area contributed by atoms with Crippen molar-refractivity contribution in [2.75, 3.05) is 19.7 Å². The van der Waals surface area contributed by atoms with E-state index in [1.807, 2.05) is 0 Å². The lowest BCUT2D eigenvalue weighted by Crippen LogP contribution is -2.49. The second kappa shape index (κ2) is 8.86. The van der Waals surface area contributed by atoms with E-state index < -0.39 is 16.4 Å². The Hall–Kier alpha value is -1.22. The summed E-state index contributed by atoms with van der Waals surface area (Å²) in [6, 6.07) is 4.38. The highest BCUT2D eigenvalue weighted by atomic mass is 35.5. The van der Waals surface area contributed by atoms with Crippen molar-refractivity contribution < 1.29 is 22.1 Å². The molecule has 0 aliphatic carbocycles. The number of ether oxygens (including phenoxy) is 1. The highest BCUT2D eigenvalue weighted by Crippen LogP contribution is 2.31. The number of hydrogen-bond donors (Lipinski definition) is 1. The molecule has 10 heteroatoms. The Morgan fingerprint density at radius 3 is 2.70 bits per heavy atom. The molecular weight excluding hydrogens is 415 g/mol. The molecule has 150 valence electrons. The molecule has 1 N–H and O–H groups in total. The van der Waals surface area contributed by atoms with Crippen LogP contribution < -0.4 is 8.91 Å². The molecule has 3 rings (SSSR count). The molecule has 0 spiro atoms. The average molecular weight is 437 g/mol. The zero-order valence-electron chi connectivity index (χ0n) is 14.7. The first-order valence-corrected chi connectivity index (χ1v) is 11.1.